The number of amides is 1. The minimum atomic E-state index is -1.11. The fourth-order valence-electron chi connectivity index (χ4n) is 0.438. The fourth-order valence-corrected chi connectivity index (χ4v) is 0.438. The van der Waals surface area contributed by atoms with Gasteiger partial charge in [0, 0.05) is 6.54 Å². The van der Waals surface area contributed by atoms with Crippen LogP contribution in [0.25, 0.3) is 0 Å². The molecule has 1 amide bonds. The van der Waals surface area contributed by atoms with Crippen molar-refractivity contribution >= 4 is 11.9 Å². The molecule has 0 bridgehead atoms. The molecular formula is C5H11N3O3. The summed E-state index contributed by atoms with van der Waals surface area (Å²) >= 11 is 0. The monoisotopic (exact) mass is 161 g/mol. The number of hydrogen-bond acceptors (Lipinski definition) is 4. The highest BCUT2D eigenvalue weighted by molar-refractivity contribution is 5.76. The highest BCUT2D eigenvalue weighted by atomic mass is 16.4. The molecule has 0 rings (SSSR count). The molecule has 0 saturated carbocycles. The minimum absolute atomic E-state index is 0.0400. The van der Waals surface area contributed by atoms with Crippen LogP contribution in [0.5, 0.6) is 0 Å². The Morgan fingerprint density at radius 2 is 2.09 bits per heavy atom. The molecule has 0 radical (unpaired) electrons. The molecule has 0 aliphatic rings. The fraction of sp³-hybridized carbons (Fsp3) is 0.600. The van der Waals surface area contributed by atoms with Gasteiger partial charge in [0.25, 0.3) is 0 Å². The molecule has 0 spiro atoms. The molecule has 11 heavy (non-hydrogen) atoms. The topological polar surface area (TPSA) is 118 Å². The van der Waals surface area contributed by atoms with Crippen LogP contribution in [-0.4, -0.2) is 36.1 Å². The predicted molar refractivity (Wildman–Crippen MR) is 37.7 cm³/mol. The van der Waals surface area contributed by atoms with Crippen molar-refractivity contribution in [2.24, 2.45) is 11.5 Å². The van der Waals surface area contributed by atoms with E-state index >= 15 is 0 Å². The van der Waals surface area contributed by atoms with Crippen LogP contribution in [0.15, 0.2) is 0 Å². The third-order valence-corrected chi connectivity index (χ3v) is 0.981. The van der Waals surface area contributed by atoms with E-state index in [2.05, 4.69) is 5.32 Å². The molecule has 0 aromatic rings. The summed E-state index contributed by atoms with van der Waals surface area (Å²) in [6, 6.07) is -0.991. The van der Waals surface area contributed by atoms with Gasteiger partial charge in [0.05, 0.1) is 6.54 Å². The van der Waals surface area contributed by atoms with Gasteiger partial charge >= 0.3 is 5.97 Å². The number of carboxylic acid groups (broad SMARTS) is 1. The molecular weight excluding hydrogens is 150 g/mol. The van der Waals surface area contributed by atoms with Crippen molar-refractivity contribution in [3.8, 4) is 0 Å². The van der Waals surface area contributed by atoms with Crippen LogP contribution in [-0.2, 0) is 9.59 Å². The molecule has 0 aliphatic carbocycles. The van der Waals surface area contributed by atoms with Crippen LogP contribution in [0.2, 0.25) is 0 Å². The van der Waals surface area contributed by atoms with Gasteiger partial charge < -0.3 is 21.9 Å². The van der Waals surface area contributed by atoms with Crippen molar-refractivity contribution in [3.63, 3.8) is 0 Å². The number of rotatable bonds is 5. The van der Waals surface area contributed by atoms with Gasteiger partial charge in [0.15, 0.2) is 0 Å². The van der Waals surface area contributed by atoms with Crippen molar-refractivity contribution in [3.05, 3.63) is 0 Å². The van der Waals surface area contributed by atoms with Gasteiger partial charge in [-0.25, -0.2) is 0 Å². The van der Waals surface area contributed by atoms with Gasteiger partial charge in [-0.3, -0.25) is 9.59 Å². The standard InChI is InChI=1S/C5H11N3O3/c6-3(5(10)11)1-8-2-4(7)9/h3,8H,1-2,6H2,(H2,7,9)(H,10,11). The molecule has 0 heterocycles. The Morgan fingerprint density at radius 1 is 1.55 bits per heavy atom. The van der Waals surface area contributed by atoms with Gasteiger partial charge in [0.1, 0.15) is 6.04 Å². The molecule has 1 atom stereocenters. The molecule has 0 saturated heterocycles. The molecule has 0 fully saturated rings. The van der Waals surface area contributed by atoms with E-state index in [-0.39, 0.29) is 13.1 Å². The SMILES string of the molecule is NC(=O)CNCC(N)C(=O)O. The normalized spacial score (nSPS) is 12.5. The number of nitrogens with one attached hydrogen (secondary N) is 1. The quantitative estimate of drug-likeness (QED) is 0.354. The van der Waals surface area contributed by atoms with Gasteiger partial charge in [-0.15, -0.1) is 0 Å². The smallest absolute Gasteiger partial charge is 0.321 e. The van der Waals surface area contributed by atoms with Crippen LogP contribution in [0.4, 0.5) is 0 Å². The van der Waals surface area contributed by atoms with Crippen LogP contribution >= 0.6 is 0 Å². The third-order valence-electron chi connectivity index (χ3n) is 0.981. The molecule has 6 N–H and O–H groups in total. The van der Waals surface area contributed by atoms with Crippen LogP contribution in [0, 0.1) is 0 Å². The molecule has 6 heteroatoms. The van der Waals surface area contributed by atoms with E-state index in [0.29, 0.717) is 0 Å². The van der Waals surface area contributed by atoms with Crippen molar-refractivity contribution in [2.45, 2.75) is 6.04 Å². The summed E-state index contributed by atoms with van der Waals surface area (Å²) in [5.74, 6) is -1.65. The van der Waals surface area contributed by atoms with Crippen molar-refractivity contribution in [1.29, 1.82) is 0 Å². The van der Waals surface area contributed by atoms with Crippen LogP contribution in [0.3, 0.4) is 0 Å². The van der Waals surface area contributed by atoms with E-state index in [4.69, 9.17) is 16.6 Å². The first kappa shape index (κ1) is 9.86. The average molecular weight is 161 g/mol. The van der Waals surface area contributed by atoms with Gasteiger partial charge in [-0.1, -0.05) is 0 Å². The Balaban J connectivity index is 3.39. The Labute approximate surface area is 63.5 Å². The van der Waals surface area contributed by atoms with Crippen molar-refractivity contribution in [2.75, 3.05) is 13.1 Å². The zero-order valence-corrected chi connectivity index (χ0v) is 5.91. The summed E-state index contributed by atoms with van der Waals surface area (Å²) in [5.41, 5.74) is 9.85. The number of carbonyl (C=O) groups is 2. The predicted octanol–water partition coefficient (Wildman–Crippen LogP) is -2.53. The highest BCUT2D eigenvalue weighted by Crippen LogP contribution is 1.73. The maximum atomic E-state index is 10.1. The van der Waals surface area contributed by atoms with Gasteiger partial charge in [-0.05, 0) is 0 Å². The summed E-state index contributed by atoms with van der Waals surface area (Å²) in [4.78, 5) is 20.2. The number of nitrogens with two attached hydrogens (primary N) is 2. The zero-order chi connectivity index (χ0) is 8.85. The summed E-state index contributed by atoms with van der Waals surface area (Å²) in [6.45, 7) is -0.0146. The number of carboxylic acids is 1. The van der Waals surface area contributed by atoms with E-state index in [1.165, 1.54) is 0 Å². The van der Waals surface area contributed by atoms with E-state index in [1.54, 1.807) is 0 Å². The lowest BCUT2D eigenvalue weighted by atomic mass is 10.3. The molecule has 1 unspecified atom stereocenters. The van der Waals surface area contributed by atoms with Crippen molar-refractivity contribution in [1.82, 2.24) is 5.32 Å². The molecule has 0 aromatic heterocycles. The maximum absolute atomic E-state index is 10.1. The largest absolute Gasteiger partial charge is 0.480 e. The van der Waals surface area contributed by atoms with E-state index < -0.39 is 17.9 Å². The second-order valence-electron chi connectivity index (χ2n) is 2.04. The maximum Gasteiger partial charge on any atom is 0.321 e. The Kier molecular flexibility index (Phi) is 4.16. The lowest BCUT2D eigenvalue weighted by Crippen LogP contribution is -2.42. The van der Waals surface area contributed by atoms with Gasteiger partial charge in [-0.2, -0.15) is 0 Å². The van der Waals surface area contributed by atoms with Gasteiger partial charge in [0.2, 0.25) is 5.91 Å². The Hall–Kier alpha value is -1.14. The lowest BCUT2D eigenvalue weighted by Gasteiger charge is -2.05. The average Bonchev–Trinajstić information content (AvgIpc) is 1.86. The number of carbonyl (C=O) groups excluding carboxylic acids is 1. The summed E-state index contributed by atoms with van der Waals surface area (Å²) in [6.07, 6.45) is 0. The first-order valence-electron chi connectivity index (χ1n) is 3.01. The summed E-state index contributed by atoms with van der Waals surface area (Å²) < 4.78 is 0. The van der Waals surface area contributed by atoms with Crippen LogP contribution < -0.4 is 16.8 Å². The summed E-state index contributed by atoms with van der Waals surface area (Å²) in [7, 11) is 0. The van der Waals surface area contributed by atoms with E-state index in [1.807, 2.05) is 0 Å². The second kappa shape index (κ2) is 4.64. The Bertz CT molecular complexity index is 159. The number of aliphatic carboxylic acids is 1. The lowest BCUT2D eigenvalue weighted by molar-refractivity contribution is -0.138. The van der Waals surface area contributed by atoms with E-state index in [9.17, 15) is 9.59 Å². The Morgan fingerprint density at radius 3 is 2.45 bits per heavy atom. The highest BCUT2D eigenvalue weighted by Gasteiger charge is 2.09. The number of primary amides is 1. The second-order valence-corrected chi connectivity index (χ2v) is 2.04. The molecule has 0 aromatic carbocycles. The molecule has 6 nitrogen and oxygen atoms in total. The first-order valence-corrected chi connectivity index (χ1v) is 3.01. The van der Waals surface area contributed by atoms with Crippen molar-refractivity contribution < 1.29 is 14.7 Å². The zero-order valence-electron chi connectivity index (χ0n) is 5.91. The minimum Gasteiger partial charge on any atom is -0.480 e. The third kappa shape index (κ3) is 5.31. The first-order chi connectivity index (χ1) is 5.04. The molecule has 64 valence electrons. The molecule has 0 aliphatic heterocycles. The van der Waals surface area contributed by atoms with E-state index in [0.717, 1.165) is 0 Å². The van der Waals surface area contributed by atoms with Crippen LogP contribution in [0.1, 0.15) is 0 Å². The summed E-state index contributed by atoms with van der Waals surface area (Å²) in [5, 5.41) is 10.8. The number of hydrogen-bond donors (Lipinski definition) is 4.